The minimum Gasteiger partial charge on any atom is -0.336 e. The maximum Gasteiger partial charge on any atom is 0.102 e. The van der Waals surface area contributed by atoms with Gasteiger partial charge in [-0.05, 0) is 17.9 Å². The summed E-state index contributed by atoms with van der Waals surface area (Å²) < 4.78 is 1.94. The fourth-order valence-corrected chi connectivity index (χ4v) is 4.11. The van der Waals surface area contributed by atoms with Gasteiger partial charge in [-0.2, -0.15) is 5.26 Å². The van der Waals surface area contributed by atoms with E-state index in [9.17, 15) is 5.26 Å². The molecular formula is C20H19Cl2N3. The maximum absolute atomic E-state index is 10.2. The Balaban J connectivity index is 2.26. The third-order valence-electron chi connectivity index (χ3n) is 4.61. The van der Waals surface area contributed by atoms with Crippen molar-refractivity contribution in [1.82, 2.24) is 9.55 Å². The van der Waals surface area contributed by atoms with Gasteiger partial charge >= 0.3 is 0 Å². The lowest BCUT2D eigenvalue weighted by atomic mass is 9.75. The molecule has 1 aromatic heterocycles. The smallest absolute Gasteiger partial charge is 0.102 e. The molecule has 3 aromatic rings. The van der Waals surface area contributed by atoms with E-state index >= 15 is 0 Å². The van der Waals surface area contributed by atoms with Crippen molar-refractivity contribution < 1.29 is 0 Å². The van der Waals surface area contributed by atoms with Crippen LogP contribution >= 0.6 is 23.2 Å². The Kier molecular flexibility index (Phi) is 5.32. The van der Waals surface area contributed by atoms with E-state index in [1.165, 1.54) is 0 Å². The number of halogens is 2. The van der Waals surface area contributed by atoms with Gasteiger partial charge in [0.25, 0.3) is 0 Å². The van der Waals surface area contributed by atoms with Crippen LogP contribution in [-0.4, -0.2) is 9.55 Å². The molecule has 0 spiro atoms. The van der Waals surface area contributed by atoms with Crippen LogP contribution in [0.3, 0.4) is 0 Å². The molecule has 25 heavy (non-hydrogen) atoms. The molecule has 0 aliphatic rings. The second-order valence-corrected chi connectivity index (χ2v) is 7.11. The first-order valence-corrected chi connectivity index (χ1v) is 9.11. The van der Waals surface area contributed by atoms with Crippen molar-refractivity contribution in [3.05, 3.63) is 64.7 Å². The van der Waals surface area contributed by atoms with Crippen LogP contribution in [0.4, 0.5) is 0 Å². The topological polar surface area (TPSA) is 41.6 Å². The van der Waals surface area contributed by atoms with Crippen LogP contribution in [0.2, 0.25) is 10.0 Å². The number of nitrogens with zero attached hydrogens (tertiary/aromatic N) is 3. The first-order valence-electron chi connectivity index (χ1n) is 8.35. The molecule has 128 valence electrons. The second-order valence-electron chi connectivity index (χ2n) is 6.29. The zero-order valence-corrected chi connectivity index (χ0v) is 15.6. The van der Waals surface area contributed by atoms with Gasteiger partial charge in [-0.3, -0.25) is 0 Å². The molecule has 1 heterocycles. The van der Waals surface area contributed by atoms with Gasteiger partial charge in [0.2, 0.25) is 0 Å². The first kappa shape index (κ1) is 17.8. The van der Waals surface area contributed by atoms with Crippen molar-refractivity contribution in [2.24, 2.45) is 0 Å². The molecule has 5 heteroatoms. The van der Waals surface area contributed by atoms with Crippen LogP contribution in [0.1, 0.15) is 31.7 Å². The number of hydrogen-bond acceptors (Lipinski definition) is 2. The number of imidazole rings is 1. The van der Waals surface area contributed by atoms with E-state index in [1.54, 1.807) is 18.6 Å². The van der Waals surface area contributed by atoms with Gasteiger partial charge in [-0.15, -0.1) is 0 Å². The fraction of sp³-hybridized carbons (Fsp3) is 0.300. The number of unbranched alkanes of at least 4 members (excludes halogenated alkanes) is 1. The summed E-state index contributed by atoms with van der Waals surface area (Å²) >= 11 is 13.0. The summed E-state index contributed by atoms with van der Waals surface area (Å²) in [6.45, 7) is 2.63. The first-order chi connectivity index (χ1) is 12.1. The Morgan fingerprint density at radius 3 is 2.60 bits per heavy atom. The minimum atomic E-state index is -0.738. The molecule has 0 saturated heterocycles. The molecule has 0 aliphatic carbocycles. The maximum atomic E-state index is 10.2. The number of hydrogen-bond donors (Lipinski definition) is 0. The minimum absolute atomic E-state index is 0.509. The largest absolute Gasteiger partial charge is 0.336 e. The van der Waals surface area contributed by atoms with Crippen molar-refractivity contribution in [2.45, 2.75) is 38.1 Å². The number of nitriles is 1. The monoisotopic (exact) mass is 371 g/mol. The van der Waals surface area contributed by atoms with E-state index in [0.29, 0.717) is 16.6 Å². The molecule has 0 amide bonds. The van der Waals surface area contributed by atoms with Crippen molar-refractivity contribution in [3.8, 4) is 6.07 Å². The summed E-state index contributed by atoms with van der Waals surface area (Å²) in [5, 5.41) is 13.2. The molecule has 1 unspecified atom stereocenters. The number of aromatic nitrogens is 2. The van der Waals surface area contributed by atoms with Gasteiger partial charge in [0.1, 0.15) is 5.41 Å². The van der Waals surface area contributed by atoms with Crippen molar-refractivity contribution in [2.75, 3.05) is 0 Å². The molecule has 3 nitrogen and oxygen atoms in total. The van der Waals surface area contributed by atoms with Gasteiger partial charge in [-0.25, -0.2) is 4.98 Å². The molecule has 1 atom stereocenters. The van der Waals surface area contributed by atoms with Crippen LogP contribution in [0.5, 0.6) is 0 Å². The van der Waals surface area contributed by atoms with Crippen LogP contribution in [-0.2, 0) is 12.0 Å². The summed E-state index contributed by atoms with van der Waals surface area (Å²) in [5.41, 5.74) is 0.122. The zero-order valence-electron chi connectivity index (χ0n) is 14.0. The predicted octanol–water partition coefficient (Wildman–Crippen LogP) is 5.99. The van der Waals surface area contributed by atoms with E-state index in [2.05, 4.69) is 18.0 Å². The molecule has 0 radical (unpaired) electrons. The summed E-state index contributed by atoms with van der Waals surface area (Å²) in [7, 11) is 0. The lowest BCUT2D eigenvalue weighted by Crippen LogP contribution is -2.30. The molecule has 0 bridgehead atoms. The predicted molar refractivity (Wildman–Crippen MR) is 103 cm³/mol. The highest BCUT2D eigenvalue weighted by atomic mass is 35.5. The van der Waals surface area contributed by atoms with Crippen LogP contribution in [0.25, 0.3) is 10.8 Å². The fourth-order valence-electron chi connectivity index (χ4n) is 3.39. The van der Waals surface area contributed by atoms with Gasteiger partial charge in [0.15, 0.2) is 0 Å². The third-order valence-corrected chi connectivity index (χ3v) is 5.22. The Morgan fingerprint density at radius 1 is 1.20 bits per heavy atom. The number of rotatable bonds is 6. The standard InChI is InChI=1S/C20H19Cl2N3/c1-2-3-8-20(12-23,13-25-10-9-24-14-25)19-16-7-5-4-6-15(16)17(21)11-18(19)22/h4-7,9-11,14H,2-3,8,13H2,1H3. The number of benzene rings is 2. The Labute approximate surface area is 157 Å². The summed E-state index contributed by atoms with van der Waals surface area (Å²) in [4.78, 5) is 4.11. The molecule has 0 fully saturated rings. The van der Waals surface area contributed by atoms with Gasteiger partial charge < -0.3 is 4.57 Å². The normalized spacial score (nSPS) is 13.5. The van der Waals surface area contributed by atoms with Crippen LogP contribution in [0.15, 0.2) is 49.1 Å². The third kappa shape index (κ3) is 3.38. The molecule has 0 saturated carbocycles. The average molecular weight is 372 g/mol. The summed E-state index contributed by atoms with van der Waals surface area (Å²) in [6, 6.07) is 12.2. The highest BCUT2D eigenvalue weighted by Gasteiger charge is 2.36. The lowest BCUT2D eigenvalue weighted by Gasteiger charge is -2.30. The van der Waals surface area contributed by atoms with Gasteiger partial charge in [0, 0.05) is 39.9 Å². The Morgan fingerprint density at radius 2 is 1.96 bits per heavy atom. The molecule has 2 aromatic carbocycles. The molecule has 3 rings (SSSR count). The Hall–Kier alpha value is -2.02. The molecule has 0 N–H and O–H groups in total. The Bertz CT molecular complexity index is 913. The molecule has 0 aliphatic heterocycles. The highest BCUT2D eigenvalue weighted by Crippen LogP contribution is 2.43. The SMILES string of the molecule is CCCCC(C#N)(Cn1ccnc1)c1c(Cl)cc(Cl)c2ccccc12. The van der Waals surface area contributed by atoms with Crippen molar-refractivity contribution in [3.63, 3.8) is 0 Å². The highest BCUT2D eigenvalue weighted by molar-refractivity contribution is 6.39. The van der Waals surface area contributed by atoms with E-state index in [4.69, 9.17) is 23.2 Å². The quantitative estimate of drug-likeness (QED) is 0.533. The van der Waals surface area contributed by atoms with Gasteiger partial charge in [-0.1, -0.05) is 67.2 Å². The van der Waals surface area contributed by atoms with E-state index in [-0.39, 0.29) is 0 Å². The van der Waals surface area contributed by atoms with E-state index in [1.807, 2.05) is 35.0 Å². The van der Waals surface area contributed by atoms with Crippen LogP contribution < -0.4 is 0 Å². The van der Waals surface area contributed by atoms with E-state index in [0.717, 1.165) is 35.6 Å². The number of fused-ring (bicyclic) bond motifs is 1. The zero-order chi connectivity index (χ0) is 17.9. The summed E-state index contributed by atoms with van der Waals surface area (Å²) in [6.07, 6.45) is 8.02. The van der Waals surface area contributed by atoms with Crippen LogP contribution in [0, 0.1) is 11.3 Å². The average Bonchev–Trinajstić information content (AvgIpc) is 3.12. The van der Waals surface area contributed by atoms with Gasteiger partial charge in [0.05, 0.1) is 12.4 Å². The van der Waals surface area contributed by atoms with E-state index < -0.39 is 5.41 Å². The van der Waals surface area contributed by atoms with Crippen molar-refractivity contribution in [1.29, 1.82) is 5.26 Å². The second kappa shape index (κ2) is 7.47. The van der Waals surface area contributed by atoms with Crippen molar-refractivity contribution >= 4 is 34.0 Å². The lowest BCUT2D eigenvalue weighted by molar-refractivity contribution is 0.414. The molecular weight excluding hydrogens is 353 g/mol. The summed E-state index contributed by atoms with van der Waals surface area (Å²) in [5.74, 6) is 0.